The molecule has 118 valence electrons. The fourth-order valence-electron chi connectivity index (χ4n) is 2.65. The van der Waals surface area contributed by atoms with Gasteiger partial charge in [-0.25, -0.2) is 4.39 Å². The van der Waals surface area contributed by atoms with Gasteiger partial charge < -0.3 is 15.4 Å². The zero-order chi connectivity index (χ0) is 14.6. The lowest BCUT2D eigenvalue weighted by Crippen LogP contribution is -2.49. The van der Waals surface area contributed by atoms with Gasteiger partial charge in [-0.3, -0.25) is 4.79 Å². The summed E-state index contributed by atoms with van der Waals surface area (Å²) >= 11 is 0. The normalized spacial score (nSPS) is 16.9. The van der Waals surface area contributed by atoms with Crippen LogP contribution in [-0.4, -0.2) is 37.6 Å². The monoisotopic (exact) mass is 316 g/mol. The molecule has 21 heavy (non-hydrogen) atoms. The van der Waals surface area contributed by atoms with Gasteiger partial charge in [-0.15, -0.1) is 12.4 Å². The molecule has 0 aliphatic carbocycles. The number of carbonyl (C=O) groups excluding carboxylic acids is 1. The molecular weight excluding hydrogens is 295 g/mol. The van der Waals surface area contributed by atoms with Crippen LogP contribution in [0.15, 0.2) is 24.3 Å². The molecule has 1 aromatic carbocycles. The van der Waals surface area contributed by atoms with Crippen molar-refractivity contribution in [2.24, 2.45) is 11.1 Å². The van der Waals surface area contributed by atoms with Crippen molar-refractivity contribution in [2.45, 2.75) is 19.4 Å². The third kappa shape index (κ3) is 4.15. The van der Waals surface area contributed by atoms with E-state index in [4.69, 9.17) is 10.5 Å². The van der Waals surface area contributed by atoms with Gasteiger partial charge in [0.1, 0.15) is 5.82 Å². The molecule has 1 heterocycles. The van der Waals surface area contributed by atoms with E-state index >= 15 is 0 Å². The molecule has 0 radical (unpaired) electrons. The number of rotatable bonds is 4. The highest BCUT2D eigenvalue weighted by Gasteiger charge is 2.40. The summed E-state index contributed by atoms with van der Waals surface area (Å²) in [6.45, 7) is 1.84. The predicted octanol–water partition coefficient (Wildman–Crippen LogP) is 1.96. The fraction of sp³-hybridized carbons (Fsp3) is 0.533. The largest absolute Gasteiger partial charge is 0.381 e. The van der Waals surface area contributed by atoms with Crippen molar-refractivity contribution >= 4 is 18.3 Å². The van der Waals surface area contributed by atoms with Crippen molar-refractivity contribution in [1.82, 2.24) is 4.90 Å². The van der Waals surface area contributed by atoms with Gasteiger partial charge in [-0.05, 0) is 30.5 Å². The van der Waals surface area contributed by atoms with E-state index in [1.165, 1.54) is 12.1 Å². The Morgan fingerprint density at radius 1 is 1.43 bits per heavy atom. The van der Waals surface area contributed by atoms with Crippen LogP contribution >= 0.6 is 12.4 Å². The number of hydrogen-bond acceptors (Lipinski definition) is 3. The molecule has 0 atom stereocenters. The van der Waals surface area contributed by atoms with E-state index in [9.17, 15) is 9.18 Å². The highest BCUT2D eigenvalue weighted by molar-refractivity contribution is 5.85. The first-order valence-corrected chi connectivity index (χ1v) is 6.85. The zero-order valence-corrected chi connectivity index (χ0v) is 13.0. The Morgan fingerprint density at radius 3 is 2.67 bits per heavy atom. The number of ether oxygens (including phenoxy) is 1. The maximum absolute atomic E-state index is 13.2. The van der Waals surface area contributed by atoms with Crippen molar-refractivity contribution in [3.05, 3.63) is 35.6 Å². The molecular formula is C15H22ClFN2O2. The molecule has 0 saturated carbocycles. The lowest BCUT2D eigenvalue weighted by atomic mass is 9.79. The number of halogens is 2. The molecule has 2 rings (SSSR count). The summed E-state index contributed by atoms with van der Waals surface area (Å²) < 4.78 is 18.5. The average Bonchev–Trinajstić information content (AvgIpc) is 2.47. The Morgan fingerprint density at radius 2 is 2.10 bits per heavy atom. The van der Waals surface area contributed by atoms with Crippen LogP contribution in [0.25, 0.3) is 0 Å². The second-order valence-electron chi connectivity index (χ2n) is 5.39. The minimum atomic E-state index is -0.527. The molecule has 6 heteroatoms. The van der Waals surface area contributed by atoms with Gasteiger partial charge in [0.05, 0.1) is 5.41 Å². The van der Waals surface area contributed by atoms with Crippen LogP contribution < -0.4 is 5.73 Å². The summed E-state index contributed by atoms with van der Waals surface area (Å²) in [5.41, 5.74) is 6.08. The van der Waals surface area contributed by atoms with Crippen LogP contribution in [0.4, 0.5) is 4.39 Å². The molecule has 1 aromatic rings. The number of carbonyl (C=O) groups is 1. The van der Waals surface area contributed by atoms with Crippen LogP contribution in [0.1, 0.15) is 18.4 Å². The van der Waals surface area contributed by atoms with Gasteiger partial charge >= 0.3 is 0 Å². The first-order chi connectivity index (χ1) is 9.57. The molecule has 0 spiro atoms. The Hall–Kier alpha value is -1.17. The lowest BCUT2D eigenvalue weighted by molar-refractivity contribution is -0.146. The summed E-state index contributed by atoms with van der Waals surface area (Å²) in [5, 5.41) is 0. The van der Waals surface area contributed by atoms with Crippen LogP contribution in [0, 0.1) is 11.2 Å². The first kappa shape index (κ1) is 17.9. The second kappa shape index (κ2) is 7.73. The van der Waals surface area contributed by atoms with Crippen LogP contribution in [0.3, 0.4) is 0 Å². The molecule has 1 saturated heterocycles. The van der Waals surface area contributed by atoms with E-state index in [1.54, 1.807) is 18.0 Å². The molecule has 0 aromatic heterocycles. The topological polar surface area (TPSA) is 55.6 Å². The number of nitrogens with two attached hydrogens (primary N) is 1. The minimum Gasteiger partial charge on any atom is -0.381 e. The second-order valence-corrected chi connectivity index (χ2v) is 5.39. The first-order valence-electron chi connectivity index (χ1n) is 6.85. The van der Waals surface area contributed by atoms with Crippen molar-refractivity contribution in [2.75, 3.05) is 26.8 Å². The Labute approximate surface area is 130 Å². The van der Waals surface area contributed by atoms with E-state index in [0.29, 0.717) is 39.1 Å². The molecule has 0 bridgehead atoms. The average molecular weight is 317 g/mol. The molecule has 2 N–H and O–H groups in total. The van der Waals surface area contributed by atoms with Gasteiger partial charge in [0.25, 0.3) is 0 Å². The van der Waals surface area contributed by atoms with E-state index in [2.05, 4.69) is 0 Å². The van der Waals surface area contributed by atoms with Gasteiger partial charge in [0.2, 0.25) is 5.91 Å². The zero-order valence-electron chi connectivity index (χ0n) is 12.2. The lowest BCUT2D eigenvalue weighted by Gasteiger charge is -2.37. The molecule has 1 aliphatic rings. The Bertz CT molecular complexity index is 478. The number of nitrogens with zero attached hydrogens (tertiary/aromatic N) is 1. The van der Waals surface area contributed by atoms with E-state index in [0.717, 1.165) is 5.56 Å². The quantitative estimate of drug-likeness (QED) is 0.924. The van der Waals surface area contributed by atoms with Gasteiger partial charge in [0.15, 0.2) is 0 Å². The molecule has 1 amide bonds. The van der Waals surface area contributed by atoms with Gasteiger partial charge in [-0.1, -0.05) is 12.1 Å². The third-order valence-electron chi connectivity index (χ3n) is 3.95. The fourth-order valence-corrected chi connectivity index (χ4v) is 2.65. The maximum atomic E-state index is 13.2. The van der Waals surface area contributed by atoms with Crippen LogP contribution in [0.5, 0.6) is 0 Å². The summed E-state index contributed by atoms with van der Waals surface area (Å²) in [6, 6.07) is 6.30. The number of benzene rings is 1. The third-order valence-corrected chi connectivity index (χ3v) is 3.95. The summed E-state index contributed by atoms with van der Waals surface area (Å²) in [6.07, 6.45) is 1.30. The predicted molar refractivity (Wildman–Crippen MR) is 81.7 cm³/mol. The van der Waals surface area contributed by atoms with Gasteiger partial charge in [0, 0.05) is 33.4 Å². The van der Waals surface area contributed by atoms with E-state index in [1.807, 2.05) is 6.07 Å². The minimum absolute atomic E-state index is 0. The van der Waals surface area contributed by atoms with Crippen LogP contribution in [-0.2, 0) is 16.1 Å². The Kier molecular flexibility index (Phi) is 6.58. The highest BCUT2D eigenvalue weighted by Crippen LogP contribution is 2.31. The van der Waals surface area contributed by atoms with Crippen molar-refractivity contribution < 1.29 is 13.9 Å². The summed E-state index contributed by atoms with van der Waals surface area (Å²) in [5.74, 6) is -0.268. The number of amides is 1. The molecule has 1 aliphatic heterocycles. The molecule has 4 nitrogen and oxygen atoms in total. The van der Waals surface area contributed by atoms with Crippen molar-refractivity contribution in [3.63, 3.8) is 0 Å². The van der Waals surface area contributed by atoms with E-state index in [-0.39, 0.29) is 24.1 Å². The SMILES string of the molecule is CN(Cc1cccc(F)c1)C(=O)C1(CN)CCOCC1.Cl. The summed E-state index contributed by atoms with van der Waals surface area (Å²) in [4.78, 5) is 14.3. The van der Waals surface area contributed by atoms with Crippen LogP contribution in [0.2, 0.25) is 0 Å². The van der Waals surface area contributed by atoms with Crippen molar-refractivity contribution in [1.29, 1.82) is 0 Å². The smallest absolute Gasteiger partial charge is 0.230 e. The van der Waals surface area contributed by atoms with Gasteiger partial charge in [-0.2, -0.15) is 0 Å². The molecule has 0 unspecified atom stereocenters. The summed E-state index contributed by atoms with van der Waals surface area (Å²) in [7, 11) is 1.74. The molecule has 1 fully saturated rings. The number of hydrogen-bond donors (Lipinski definition) is 1. The highest BCUT2D eigenvalue weighted by atomic mass is 35.5. The van der Waals surface area contributed by atoms with E-state index < -0.39 is 5.41 Å². The standard InChI is InChI=1S/C15H21FN2O2.ClH/c1-18(10-12-3-2-4-13(16)9-12)14(19)15(11-17)5-7-20-8-6-15;/h2-4,9H,5-8,10-11,17H2,1H3;1H. The van der Waals surface area contributed by atoms with Crippen molar-refractivity contribution in [3.8, 4) is 0 Å². The maximum Gasteiger partial charge on any atom is 0.230 e. The Balaban J connectivity index is 0.00000220.